The molecule has 2 N–H and O–H groups in total. The standard InChI is InChI=1S/C13H14BrNO5S/c14-10-3-1-8(2-4-10)11(13(17)18)15-12(16)9-5-6-21(19,20)7-9/h1-4,9,11H,5-7H2,(H,15,16)(H,17,18). The molecule has 0 bridgehead atoms. The second-order valence-corrected chi connectivity index (χ2v) is 8.08. The molecule has 0 saturated carbocycles. The first-order valence-corrected chi connectivity index (χ1v) is 8.89. The summed E-state index contributed by atoms with van der Waals surface area (Å²) < 4.78 is 23.5. The summed E-state index contributed by atoms with van der Waals surface area (Å²) in [6.07, 6.45) is 0.237. The van der Waals surface area contributed by atoms with Crippen molar-refractivity contribution in [2.45, 2.75) is 12.5 Å². The molecule has 0 aromatic heterocycles. The average Bonchev–Trinajstić information content (AvgIpc) is 2.77. The van der Waals surface area contributed by atoms with Gasteiger partial charge in [0.25, 0.3) is 0 Å². The fourth-order valence-corrected chi connectivity index (χ4v) is 4.21. The van der Waals surface area contributed by atoms with Crippen LogP contribution in [0.2, 0.25) is 0 Å². The molecule has 0 aliphatic carbocycles. The Kier molecular flexibility index (Phi) is 4.67. The van der Waals surface area contributed by atoms with E-state index < -0.39 is 33.7 Å². The summed E-state index contributed by atoms with van der Waals surface area (Å²) in [6.45, 7) is 0. The van der Waals surface area contributed by atoms with Gasteiger partial charge in [-0.05, 0) is 24.1 Å². The maximum atomic E-state index is 12.0. The molecule has 21 heavy (non-hydrogen) atoms. The molecule has 1 aromatic carbocycles. The molecule has 1 aromatic rings. The molecule has 0 spiro atoms. The fraction of sp³-hybridized carbons (Fsp3) is 0.385. The minimum atomic E-state index is -3.18. The van der Waals surface area contributed by atoms with Crippen LogP contribution in [-0.2, 0) is 19.4 Å². The van der Waals surface area contributed by atoms with E-state index in [2.05, 4.69) is 21.2 Å². The molecule has 2 unspecified atom stereocenters. The van der Waals surface area contributed by atoms with E-state index in [1.165, 1.54) is 0 Å². The molecule has 0 radical (unpaired) electrons. The number of carbonyl (C=O) groups is 2. The highest BCUT2D eigenvalue weighted by atomic mass is 79.9. The van der Waals surface area contributed by atoms with Crippen LogP contribution in [0.15, 0.2) is 28.7 Å². The van der Waals surface area contributed by atoms with Crippen molar-refractivity contribution < 1.29 is 23.1 Å². The van der Waals surface area contributed by atoms with Crippen molar-refractivity contribution in [1.82, 2.24) is 5.32 Å². The number of nitrogens with one attached hydrogen (secondary N) is 1. The highest BCUT2D eigenvalue weighted by Gasteiger charge is 2.35. The Bertz CT molecular complexity index is 656. The Hall–Kier alpha value is -1.41. The first-order chi connectivity index (χ1) is 9.78. The number of amides is 1. The van der Waals surface area contributed by atoms with Crippen LogP contribution in [0.25, 0.3) is 0 Å². The maximum Gasteiger partial charge on any atom is 0.330 e. The third-order valence-electron chi connectivity index (χ3n) is 3.34. The number of hydrogen-bond donors (Lipinski definition) is 2. The Morgan fingerprint density at radius 2 is 1.90 bits per heavy atom. The van der Waals surface area contributed by atoms with E-state index in [1.54, 1.807) is 24.3 Å². The van der Waals surface area contributed by atoms with E-state index in [1.807, 2.05) is 0 Å². The zero-order chi connectivity index (χ0) is 15.6. The minimum absolute atomic E-state index is 0.0267. The molecule has 1 aliphatic heterocycles. The Morgan fingerprint density at radius 3 is 2.38 bits per heavy atom. The average molecular weight is 376 g/mol. The van der Waals surface area contributed by atoms with Gasteiger partial charge in [-0.25, -0.2) is 13.2 Å². The van der Waals surface area contributed by atoms with Crippen molar-refractivity contribution in [2.24, 2.45) is 5.92 Å². The van der Waals surface area contributed by atoms with Gasteiger partial charge in [0.15, 0.2) is 15.9 Å². The number of benzene rings is 1. The van der Waals surface area contributed by atoms with Crippen LogP contribution in [0, 0.1) is 5.92 Å². The van der Waals surface area contributed by atoms with Crippen LogP contribution in [-0.4, -0.2) is 36.9 Å². The zero-order valence-corrected chi connectivity index (χ0v) is 13.4. The molecule has 2 rings (SSSR count). The van der Waals surface area contributed by atoms with Gasteiger partial charge in [-0.2, -0.15) is 0 Å². The van der Waals surface area contributed by atoms with Gasteiger partial charge >= 0.3 is 5.97 Å². The summed E-state index contributed by atoms with van der Waals surface area (Å²) in [7, 11) is -3.18. The molecule has 1 amide bonds. The van der Waals surface area contributed by atoms with E-state index in [9.17, 15) is 23.1 Å². The molecule has 1 heterocycles. The van der Waals surface area contributed by atoms with Crippen LogP contribution in [0.4, 0.5) is 0 Å². The van der Waals surface area contributed by atoms with Crippen molar-refractivity contribution in [2.75, 3.05) is 11.5 Å². The predicted octanol–water partition coefficient (Wildman–Crippen LogP) is 1.13. The summed E-state index contributed by atoms with van der Waals surface area (Å²) in [6, 6.07) is 5.35. The van der Waals surface area contributed by atoms with Crippen LogP contribution in [0.5, 0.6) is 0 Å². The minimum Gasteiger partial charge on any atom is -0.479 e. The number of hydrogen-bond acceptors (Lipinski definition) is 4. The topological polar surface area (TPSA) is 101 Å². The van der Waals surface area contributed by atoms with Crippen LogP contribution >= 0.6 is 15.9 Å². The van der Waals surface area contributed by atoms with Crippen molar-refractivity contribution in [1.29, 1.82) is 0 Å². The lowest BCUT2D eigenvalue weighted by Gasteiger charge is -2.17. The van der Waals surface area contributed by atoms with Gasteiger partial charge in [0.05, 0.1) is 17.4 Å². The van der Waals surface area contributed by atoms with E-state index in [0.29, 0.717) is 5.56 Å². The SMILES string of the molecule is O=C(NC(C(=O)O)c1ccc(Br)cc1)C1CCS(=O)(=O)C1. The highest BCUT2D eigenvalue weighted by Crippen LogP contribution is 2.21. The van der Waals surface area contributed by atoms with Crippen molar-refractivity contribution in [3.63, 3.8) is 0 Å². The fourth-order valence-electron chi connectivity index (χ4n) is 2.20. The van der Waals surface area contributed by atoms with Crippen molar-refractivity contribution in [3.8, 4) is 0 Å². The van der Waals surface area contributed by atoms with Gasteiger partial charge in [-0.15, -0.1) is 0 Å². The number of carboxylic acid groups (broad SMARTS) is 1. The monoisotopic (exact) mass is 375 g/mol. The maximum absolute atomic E-state index is 12.0. The zero-order valence-electron chi connectivity index (χ0n) is 11.0. The number of halogens is 1. The number of carbonyl (C=O) groups excluding carboxylic acids is 1. The lowest BCUT2D eigenvalue weighted by atomic mass is 10.0. The van der Waals surface area contributed by atoms with E-state index in [4.69, 9.17) is 0 Å². The predicted molar refractivity (Wildman–Crippen MR) is 79.4 cm³/mol. The number of rotatable bonds is 4. The largest absolute Gasteiger partial charge is 0.479 e. The molecule has 2 atom stereocenters. The highest BCUT2D eigenvalue weighted by molar-refractivity contribution is 9.10. The van der Waals surface area contributed by atoms with Gasteiger partial charge in [0.1, 0.15) is 0 Å². The summed E-state index contributed by atoms with van der Waals surface area (Å²) >= 11 is 3.25. The van der Waals surface area contributed by atoms with E-state index in [0.717, 1.165) is 4.47 Å². The summed E-state index contributed by atoms with van der Waals surface area (Å²) in [4.78, 5) is 23.4. The third kappa shape index (κ3) is 4.04. The van der Waals surface area contributed by atoms with Crippen molar-refractivity contribution >= 4 is 37.6 Å². The van der Waals surface area contributed by atoms with E-state index in [-0.39, 0.29) is 17.9 Å². The van der Waals surface area contributed by atoms with Gasteiger partial charge in [-0.1, -0.05) is 28.1 Å². The van der Waals surface area contributed by atoms with Gasteiger partial charge in [0.2, 0.25) is 5.91 Å². The smallest absolute Gasteiger partial charge is 0.330 e. The number of aliphatic carboxylic acids is 1. The first-order valence-electron chi connectivity index (χ1n) is 6.27. The van der Waals surface area contributed by atoms with Gasteiger partial charge < -0.3 is 10.4 Å². The van der Waals surface area contributed by atoms with Crippen molar-refractivity contribution in [3.05, 3.63) is 34.3 Å². The summed E-state index contributed by atoms with van der Waals surface area (Å²) in [5.41, 5.74) is 0.430. The normalized spacial score (nSPS) is 21.7. The second kappa shape index (κ2) is 6.15. The summed E-state index contributed by atoms with van der Waals surface area (Å²) in [5.74, 6) is -2.64. The van der Waals surface area contributed by atoms with Gasteiger partial charge in [-0.3, -0.25) is 4.79 Å². The molecule has 1 fully saturated rings. The Labute approximate surface area is 130 Å². The lowest BCUT2D eigenvalue weighted by molar-refractivity contribution is -0.142. The van der Waals surface area contributed by atoms with Crippen LogP contribution in [0.3, 0.4) is 0 Å². The van der Waals surface area contributed by atoms with Crippen LogP contribution < -0.4 is 5.32 Å². The van der Waals surface area contributed by atoms with Gasteiger partial charge in [0, 0.05) is 4.47 Å². The quantitative estimate of drug-likeness (QED) is 0.821. The Balaban J connectivity index is 2.12. The molecule has 1 aliphatic rings. The molecule has 1 saturated heterocycles. The molecule has 6 nitrogen and oxygen atoms in total. The summed E-state index contributed by atoms with van der Waals surface area (Å²) in [5, 5.41) is 11.7. The first kappa shape index (κ1) is 16.0. The molecule has 114 valence electrons. The number of sulfone groups is 1. The Morgan fingerprint density at radius 1 is 1.29 bits per heavy atom. The molecular weight excluding hydrogens is 362 g/mol. The van der Waals surface area contributed by atoms with Crippen LogP contribution in [0.1, 0.15) is 18.0 Å². The van der Waals surface area contributed by atoms with E-state index >= 15 is 0 Å². The molecular formula is C13H14BrNO5S. The third-order valence-corrected chi connectivity index (χ3v) is 5.64. The molecule has 8 heteroatoms. The second-order valence-electron chi connectivity index (χ2n) is 4.93. The lowest BCUT2D eigenvalue weighted by Crippen LogP contribution is -2.38. The number of carboxylic acids is 1.